The molecule has 0 amide bonds. The molecule has 0 bridgehead atoms. The van der Waals surface area contributed by atoms with Crippen LogP contribution in [0.15, 0.2) is 51.1 Å². The number of nitrogens with one attached hydrogen (secondary N) is 1. The number of aromatic nitrogens is 4. The fourth-order valence-corrected chi connectivity index (χ4v) is 4.73. The van der Waals surface area contributed by atoms with E-state index in [-0.39, 0.29) is 26.0 Å². The summed E-state index contributed by atoms with van der Waals surface area (Å²) in [5, 5.41) is 6.69. The van der Waals surface area contributed by atoms with Crippen molar-refractivity contribution in [2.45, 2.75) is 23.8 Å². The Morgan fingerprint density at radius 3 is 2.65 bits per heavy atom. The molecule has 4 rings (SSSR count). The molecule has 26 heavy (non-hydrogen) atoms. The molecule has 0 fully saturated rings. The average molecular weight is 389 g/mol. The lowest BCUT2D eigenvalue weighted by Gasteiger charge is -2.06. The highest BCUT2D eigenvalue weighted by molar-refractivity contribution is 7.91. The first-order valence-corrected chi connectivity index (χ1v) is 9.54. The van der Waals surface area contributed by atoms with Crippen LogP contribution in [0.5, 0.6) is 0 Å². The first-order chi connectivity index (χ1) is 12.3. The Hall–Kier alpha value is -2.71. The minimum atomic E-state index is -3.96. The smallest absolute Gasteiger partial charge is 0.267 e. The molecular weight excluding hydrogens is 376 g/mol. The Morgan fingerprint density at radius 1 is 1.15 bits per heavy atom. The van der Waals surface area contributed by atoms with E-state index in [9.17, 15) is 13.2 Å². The van der Waals surface area contributed by atoms with E-state index in [1.807, 2.05) is 6.92 Å². The molecule has 0 unspecified atom stereocenters. The summed E-state index contributed by atoms with van der Waals surface area (Å²) in [6, 6.07) is 9.89. The van der Waals surface area contributed by atoms with E-state index in [0.29, 0.717) is 11.1 Å². The number of hydrogen-bond acceptors (Lipinski definition) is 5. The lowest BCUT2D eigenvalue weighted by molar-refractivity contribution is 0.592. The van der Waals surface area contributed by atoms with E-state index in [4.69, 9.17) is 11.6 Å². The van der Waals surface area contributed by atoms with Crippen LogP contribution in [-0.2, 0) is 9.84 Å². The zero-order valence-electron chi connectivity index (χ0n) is 13.8. The lowest BCUT2D eigenvalue weighted by Crippen LogP contribution is -2.13. The van der Waals surface area contributed by atoms with Crippen molar-refractivity contribution in [1.29, 1.82) is 0 Å². The van der Waals surface area contributed by atoms with Gasteiger partial charge in [0, 0.05) is 0 Å². The molecule has 7 nitrogen and oxygen atoms in total. The monoisotopic (exact) mass is 388 g/mol. The standard InChI is InChI=1S/C17H13ClN4O3S/c1-9-6-7-13(10(2)8-9)26(24,25)17-15-19-16(23)14-11(18)4-3-5-12(14)22(15)21-20-17/h3-8,21H,1-2H3. The number of nitrogens with zero attached hydrogens (tertiary/aromatic N) is 3. The summed E-state index contributed by atoms with van der Waals surface area (Å²) < 4.78 is 27.5. The van der Waals surface area contributed by atoms with Gasteiger partial charge in [-0.3, -0.25) is 4.79 Å². The van der Waals surface area contributed by atoms with Crippen molar-refractivity contribution in [1.82, 2.24) is 19.8 Å². The first-order valence-electron chi connectivity index (χ1n) is 7.68. The van der Waals surface area contributed by atoms with Crippen molar-refractivity contribution in [3.05, 3.63) is 62.9 Å². The number of H-pyrrole nitrogens is 1. The highest BCUT2D eigenvalue weighted by atomic mass is 35.5. The number of aryl methyl sites for hydroxylation is 2. The van der Waals surface area contributed by atoms with Crippen molar-refractivity contribution in [2.24, 2.45) is 0 Å². The van der Waals surface area contributed by atoms with Crippen molar-refractivity contribution >= 4 is 38.0 Å². The van der Waals surface area contributed by atoms with Crippen LogP contribution in [0.2, 0.25) is 5.02 Å². The molecule has 0 spiro atoms. The predicted molar refractivity (Wildman–Crippen MR) is 97.5 cm³/mol. The third-order valence-corrected chi connectivity index (χ3v) is 6.32. The maximum Gasteiger partial charge on any atom is 0.282 e. The van der Waals surface area contributed by atoms with E-state index in [1.54, 1.807) is 37.3 Å². The van der Waals surface area contributed by atoms with E-state index in [0.717, 1.165) is 5.56 Å². The van der Waals surface area contributed by atoms with Crippen molar-refractivity contribution in [3.8, 4) is 0 Å². The summed E-state index contributed by atoms with van der Waals surface area (Å²) in [5.41, 5.74) is 1.27. The SMILES string of the molecule is Cc1ccc(S(=O)(=O)c2n[nH]n3c2nc(=O)c2c(Cl)cccc23)c(C)c1. The maximum absolute atomic E-state index is 13.1. The van der Waals surface area contributed by atoms with Gasteiger partial charge in [0.1, 0.15) is 0 Å². The predicted octanol–water partition coefficient (Wildman–Crippen LogP) is 2.67. The van der Waals surface area contributed by atoms with Crippen LogP contribution in [0.4, 0.5) is 0 Å². The average Bonchev–Trinajstić information content (AvgIpc) is 2.99. The normalized spacial score (nSPS) is 12.1. The molecule has 132 valence electrons. The number of rotatable bonds is 2. The fraction of sp³-hybridized carbons (Fsp3) is 0.118. The maximum atomic E-state index is 13.1. The number of hydrogen-bond donors (Lipinski definition) is 1. The van der Waals surface area contributed by atoms with E-state index in [2.05, 4.69) is 15.3 Å². The van der Waals surface area contributed by atoms with Gasteiger partial charge in [0.05, 0.1) is 20.8 Å². The summed E-state index contributed by atoms with van der Waals surface area (Å²) in [6.45, 7) is 3.59. The Morgan fingerprint density at radius 2 is 1.92 bits per heavy atom. The molecular formula is C17H13ClN4O3S. The van der Waals surface area contributed by atoms with Gasteiger partial charge in [0.15, 0.2) is 5.65 Å². The molecule has 0 atom stereocenters. The van der Waals surface area contributed by atoms with Gasteiger partial charge in [-0.2, -0.15) is 4.98 Å². The van der Waals surface area contributed by atoms with E-state index in [1.165, 1.54) is 10.6 Å². The molecule has 0 radical (unpaired) electrons. The van der Waals surface area contributed by atoms with Gasteiger partial charge in [-0.05, 0) is 37.6 Å². The van der Waals surface area contributed by atoms with Gasteiger partial charge in [-0.1, -0.05) is 35.4 Å². The van der Waals surface area contributed by atoms with E-state index < -0.39 is 15.4 Å². The Labute approximate surface area is 153 Å². The molecule has 2 heterocycles. The summed E-state index contributed by atoms with van der Waals surface area (Å²) in [4.78, 5) is 16.4. The van der Waals surface area contributed by atoms with Crippen molar-refractivity contribution < 1.29 is 8.42 Å². The molecule has 2 aromatic carbocycles. The number of fused-ring (bicyclic) bond motifs is 3. The van der Waals surface area contributed by atoms with Crippen LogP contribution in [-0.4, -0.2) is 28.2 Å². The molecule has 9 heteroatoms. The van der Waals surface area contributed by atoms with Crippen LogP contribution < -0.4 is 5.56 Å². The third kappa shape index (κ3) is 2.33. The molecule has 0 aliphatic rings. The number of halogens is 1. The van der Waals surface area contributed by atoms with Crippen LogP contribution in [0.25, 0.3) is 16.6 Å². The van der Waals surface area contributed by atoms with Gasteiger partial charge in [-0.15, -0.1) is 5.10 Å². The largest absolute Gasteiger partial charge is 0.282 e. The number of sulfone groups is 1. The van der Waals surface area contributed by atoms with Gasteiger partial charge < -0.3 is 0 Å². The Kier molecular flexibility index (Phi) is 3.64. The van der Waals surface area contributed by atoms with E-state index >= 15 is 0 Å². The zero-order valence-corrected chi connectivity index (χ0v) is 15.4. The highest BCUT2D eigenvalue weighted by Gasteiger charge is 2.27. The molecule has 0 saturated heterocycles. The van der Waals surface area contributed by atoms with Crippen LogP contribution in [0, 0.1) is 13.8 Å². The molecule has 1 N–H and O–H groups in total. The van der Waals surface area contributed by atoms with Crippen molar-refractivity contribution in [2.75, 3.05) is 0 Å². The first kappa shape index (κ1) is 16.7. The lowest BCUT2D eigenvalue weighted by atomic mass is 10.2. The summed E-state index contributed by atoms with van der Waals surface area (Å²) >= 11 is 6.09. The third-order valence-electron chi connectivity index (χ3n) is 4.18. The van der Waals surface area contributed by atoms with Gasteiger partial charge in [-0.25, -0.2) is 18.1 Å². The fourth-order valence-electron chi connectivity index (χ4n) is 3.00. The van der Waals surface area contributed by atoms with Crippen LogP contribution in [0.1, 0.15) is 11.1 Å². The van der Waals surface area contributed by atoms with Crippen LogP contribution >= 0.6 is 11.6 Å². The molecule has 4 aromatic rings. The molecule has 0 aliphatic heterocycles. The highest BCUT2D eigenvalue weighted by Crippen LogP contribution is 2.27. The second-order valence-corrected chi connectivity index (χ2v) is 8.24. The molecule has 0 saturated carbocycles. The second kappa shape index (κ2) is 5.65. The topological polar surface area (TPSA) is 97.2 Å². The zero-order chi connectivity index (χ0) is 18.6. The number of aromatic amines is 1. The number of benzene rings is 2. The van der Waals surface area contributed by atoms with Gasteiger partial charge in [0.2, 0.25) is 14.9 Å². The second-order valence-electron chi connectivity index (χ2n) is 6.00. The summed E-state index contributed by atoms with van der Waals surface area (Å²) in [7, 11) is -3.96. The minimum absolute atomic E-state index is 0.0651. The Bertz CT molecular complexity index is 1360. The molecule has 2 aromatic heterocycles. The summed E-state index contributed by atoms with van der Waals surface area (Å²) in [5.74, 6) is 0. The quantitative estimate of drug-likeness (QED) is 0.569. The van der Waals surface area contributed by atoms with Crippen LogP contribution in [0.3, 0.4) is 0 Å². The van der Waals surface area contributed by atoms with Gasteiger partial charge >= 0.3 is 0 Å². The Balaban J connectivity index is 2.07. The van der Waals surface area contributed by atoms with Crippen molar-refractivity contribution in [3.63, 3.8) is 0 Å². The van der Waals surface area contributed by atoms with Gasteiger partial charge in [0.25, 0.3) is 5.56 Å². The molecule has 0 aliphatic carbocycles. The minimum Gasteiger partial charge on any atom is -0.267 e. The summed E-state index contributed by atoms with van der Waals surface area (Å²) in [6.07, 6.45) is 0.